The first-order valence-corrected chi connectivity index (χ1v) is 11.2. The van der Waals surface area contributed by atoms with Gasteiger partial charge in [-0.15, -0.1) is 0 Å². The van der Waals surface area contributed by atoms with Gasteiger partial charge in [0.1, 0.15) is 12.4 Å². The zero-order chi connectivity index (χ0) is 24.3. The number of aromatic nitrogens is 2. The van der Waals surface area contributed by atoms with Crippen molar-refractivity contribution in [1.82, 2.24) is 9.55 Å². The molecule has 4 heterocycles. The molecule has 2 aliphatic heterocycles. The molecule has 4 aromatic rings. The first kappa shape index (κ1) is 21.2. The lowest BCUT2D eigenvalue weighted by Crippen LogP contribution is -2.47. The molecule has 7 nitrogen and oxygen atoms in total. The van der Waals surface area contributed by atoms with Crippen LogP contribution in [0.15, 0.2) is 65.5 Å². The van der Waals surface area contributed by atoms with Crippen molar-refractivity contribution >= 4 is 22.8 Å². The van der Waals surface area contributed by atoms with Crippen molar-refractivity contribution in [2.45, 2.75) is 32.1 Å². The van der Waals surface area contributed by atoms with Crippen LogP contribution in [-0.4, -0.2) is 21.5 Å². The summed E-state index contributed by atoms with van der Waals surface area (Å²) in [7, 11) is 0. The van der Waals surface area contributed by atoms with E-state index < -0.39 is 23.4 Å². The fourth-order valence-electron chi connectivity index (χ4n) is 4.92. The lowest BCUT2D eigenvalue weighted by molar-refractivity contribution is -0.173. The standard InChI is InChI=1S/C27H19FN2O5/c1-2-27(35-25(32)16-7-5-8-18(28)11-16)20-12-22-23-17(10-15-6-3-4-9-21(15)29-23)13-30(22)24(31)19(20)14-34-26(27)33/h3-12H,2,13-14H2,1H3/t27-/m0/s1. The molecule has 0 saturated heterocycles. The Bertz CT molecular complexity index is 1630. The van der Waals surface area contributed by atoms with Crippen molar-refractivity contribution in [3.05, 3.63) is 99.1 Å². The Morgan fingerprint density at radius 1 is 1.14 bits per heavy atom. The highest BCUT2D eigenvalue weighted by Crippen LogP contribution is 2.41. The molecule has 0 N–H and O–H groups in total. The second kappa shape index (κ2) is 7.59. The molecule has 0 amide bonds. The normalized spacial score (nSPS) is 17.9. The number of nitrogens with zero attached hydrogens (tertiary/aromatic N) is 2. The molecule has 0 radical (unpaired) electrons. The molecule has 2 aromatic carbocycles. The highest BCUT2D eigenvalue weighted by atomic mass is 19.1. The summed E-state index contributed by atoms with van der Waals surface area (Å²) in [6, 6.07) is 16.4. The monoisotopic (exact) mass is 470 g/mol. The van der Waals surface area contributed by atoms with E-state index in [2.05, 4.69) is 0 Å². The lowest BCUT2D eigenvalue weighted by atomic mass is 9.85. The molecule has 0 saturated carbocycles. The lowest BCUT2D eigenvalue weighted by Gasteiger charge is -2.35. The zero-order valence-corrected chi connectivity index (χ0v) is 18.7. The summed E-state index contributed by atoms with van der Waals surface area (Å²) in [6.45, 7) is 1.78. The Labute approximate surface area is 198 Å². The van der Waals surface area contributed by atoms with Crippen LogP contribution in [-0.2, 0) is 33.0 Å². The van der Waals surface area contributed by atoms with Crippen molar-refractivity contribution < 1.29 is 23.5 Å². The largest absolute Gasteiger partial charge is 0.457 e. The molecular weight excluding hydrogens is 451 g/mol. The molecule has 0 fully saturated rings. The number of carbonyl (C=O) groups is 2. The van der Waals surface area contributed by atoms with E-state index in [1.54, 1.807) is 17.6 Å². The number of hydrogen-bond acceptors (Lipinski definition) is 6. The maximum atomic E-state index is 13.7. The summed E-state index contributed by atoms with van der Waals surface area (Å²) in [5.41, 5.74) is 1.16. The minimum absolute atomic E-state index is 0.0286. The molecular formula is C27H19FN2O5. The van der Waals surface area contributed by atoms with E-state index in [9.17, 15) is 18.8 Å². The van der Waals surface area contributed by atoms with Crippen LogP contribution in [0.3, 0.4) is 0 Å². The Morgan fingerprint density at radius 2 is 1.97 bits per heavy atom. The van der Waals surface area contributed by atoms with E-state index in [-0.39, 0.29) is 35.3 Å². The summed E-state index contributed by atoms with van der Waals surface area (Å²) >= 11 is 0. The third-order valence-electron chi connectivity index (χ3n) is 6.71. The number of ether oxygens (including phenoxy) is 2. The van der Waals surface area contributed by atoms with Crippen molar-refractivity contribution in [2.75, 3.05) is 0 Å². The minimum Gasteiger partial charge on any atom is -0.457 e. The fourth-order valence-corrected chi connectivity index (χ4v) is 4.92. The van der Waals surface area contributed by atoms with Crippen LogP contribution >= 0.6 is 0 Å². The molecule has 8 heteroatoms. The number of rotatable bonds is 3. The number of benzene rings is 2. The van der Waals surface area contributed by atoms with Crippen molar-refractivity contribution in [1.29, 1.82) is 0 Å². The number of esters is 2. The third-order valence-corrected chi connectivity index (χ3v) is 6.71. The van der Waals surface area contributed by atoms with Crippen LogP contribution in [0, 0.1) is 5.82 Å². The summed E-state index contributed by atoms with van der Waals surface area (Å²) in [4.78, 5) is 44.3. The van der Waals surface area contributed by atoms with Crippen LogP contribution in [0.4, 0.5) is 4.39 Å². The molecule has 0 unspecified atom stereocenters. The molecule has 0 spiro atoms. The molecule has 35 heavy (non-hydrogen) atoms. The van der Waals surface area contributed by atoms with Gasteiger partial charge in [0, 0.05) is 16.5 Å². The maximum Gasteiger partial charge on any atom is 0.355 e. The number of halogens is 1. The Balaban J connectivity index is 1.53. The van der Waals surface area contributed by atoms with E-state index in [4.69, 9.17) is 14.5 Å². The van der Waals surface area contributed by atoms with Gasteiger partial charge >= 0.3 is 11.9 Å². The highest BCUT2D eigenvalue weighted by molar-refractivity contribution is 5.94. The summed E-state index contributed by atoms with van der Waals surface area (Å²) in [6.07, 6.45) is 0.0286. The second-order valence-corrected chi connectivity index (χ2v) is 8.66. The van der Waals surface area contributed by atoms with Crippen molar-refractivity contribution in [3.8, 4) is 11.4 Å². The Morgan fingerprint density at radius 3 is 2.77 bits per heavy atom. The van der Waals surface area contributed by atoms with Crippen LogP contribution in [0.2, 0.25) is 0 Å². The van der Waals surface area contributed by atoms with Crippen LogP contribution in [0.5, 0.6) is 0 Å². The molecule has 1 atom stereocenters. The number of pyridine rings is 2. The van der Waals surface area contributed by atoms with E-state index in [1.165, 1.54) is 18.2 Å². The van der Waals surface area contributed by atoms with Crippen molar-refractivity contribution in [2.24, 2.45) is 0 Å². The third kappa shape index (κ3) is 3.10. The summed E-state index contributed by atoms with van der Waals surface area (Å²) in [5.74, 6) is -2.27. The Kier molecular flexibility index (Phi) is 4.60. The van der Waals surface area contributed by atoms with Gasteiger partial charge in [-0.3, -0.25) is 4.79 Å². The average molecular weight is 470 g/mol. The molecule has 0 aliphatic carbocycles. The average Bonchev–Trinajstić information content (AvgIpc) is 3.22. The van der Waals surface area contributed by atoms with Gasteiger partial charge < -0.3 is 14.0 Å². The van der Waals surface area contributed by atoms with Crippen LogP contribution in [0.25, 0.3) is 22.3 Å². The van der Waals surface area contributed by atoms with Crippen molar-refractivity contribution in [3.63, 3.8) is 0 Å². The molecule has 2 aliphatic rings. The summed E-state index contributed by atoms with van der Waals surface area (Å²) in [5, 5.41) is 0.960. The number of hydrogen-bond donors (Lipinski definition) is 0. The van der Waals surface area contributed by atoms with Gasteiger partial charge in [0.05, 0.1) is 34.6 Å². The first-order valence-electron chi connectivity index (χ1n) is 11.2. The quantitative estimate of drug-likeness (QED) is 0.369. The Hall–Kier alpha value is -4.33. The van der Waals surface area contributed by atoms with Crippen LogP contribution in [0.1, 0.15) is 40.4 Å². The number of fused-ring (bicyclic) bond motifs is 5. The van der Waals surface area contributed by atoms with Gasteiger partial charge in [-0.1, -0.05) is 31.2 Å². The minimum atomic E-state index is -1.84. The van der Waals surface area contributed by atoms with E-state index >= 15 is 0 Å². The number of carbonyl (C=O) groups excluding carboxylic acids is 2. The summed E-state index contributed by atoms with van der Waals surface area (Å²) < 4.78 is 26.4. The predicted molar refractivity (Wildman–Crippen MR) is 124 cm³/mol. The zero-order valence-electron chi connectivity index (χ0n) is 18.7. The van der Waals surface area contributed by atoms with Crippen LogP contribution < -0.4 is 5.56 Å². The highest BCUT2D eigenvalue weighted by Gasteiger charge is 2.50. The first-order chi connectivity index (χ1) is 16.9. The van der Waals surface area contributed by atoms with Gasteiger partial charge in [0.25, 0.3) is 5.56 Å². The van der Waals surface area contributed by atoms with E-state index in [1.807, 2.05) is 30.3 Å². The van der Waals surface area contributed by atoms with Gasteiger partial charge in [-0.2, -0.15) is 0 Å². The molecule has 174 valence electrons. The van der Waals surface area contributed by atoms with Gasteiger partial charge in [0.15, 0.2) is 0 Å². The number of cyclic esters (lactones) is 1. The topological polar surface area (TPSA) is 87.5 Å². The molecule has 0 bridgehead atoms. The van der Waals surface area contributed by atoms with Gasteiger partial charge in [0.2, 0.25) is 5.60 Å². The molecule has 2 aromatic heterocycles. The maximum absolute atomic E-state index is 13.7. The predicted octanol–water partition coefficient (Wildman–Crippen LogP) is 4.08. The van der Waals surface area contributed by atoms with E-state index in [0.717, 1.165) is 22.5 Å². The smallest absolute Gasteiger partial charge is 0.355 e. The fraction of sp³-hybridized carbons (Fsp3) is 0.185. The van der Waals surface area contributed by atoms with E-state index in [0.29, 0.717) is 17.9 Å². The molecule has 6 rings (SSSR count). The second-order valence-electron chi connectivity index (χ2n) is 8.66. The SMILES string of the molecule is CC[C@@]1(OC(=O)c2cccc(F)c2)C(=O)OCc2c1cc1n(c2=O)Cc2cc3ccccc3nc2-1. The number of para-hydroxylation sites is 1. The van der Waals surface area contributed by atoms with Gasteiger partial charge in [-0.25, -0.2) is 19.0 Å². The van der Waals surface area contributed by atoms with Gasteiger partial charge in [-0.05, 0) is 42.8 Å².